The van der Waals surface area contributed by atoms with Crippen molar-refractivity contribution in [1.29, 1.82) is 0 Å². The minimum Gasteiger partial charge on any atom is -0.493 e. The van der Waals surface area contributed by atoms with Gasteiger partial charge in [0.2, 0.25) is 0 Å². The maximum atomic E-state index is 12.6. The fourth-order valence-electron chi connectivity index (χ4n) is 3.32. The number of ether oxygens (including phenoxy) is 2. The second kappa shape index (κ2) is 8.52. The van der Waals surface area contributed by atoms with Crippen LogP contribution >= 0.6 is 12.4 Å². The fraction of sp³-hybridized carbons (Fsp3) is 0.588. The monoisotopic (exact) mass is 340 g/mol. The Kier molecular flexibility index (Phi) is 6.69. The summed E-state index contributed by atoms with van der Waals surface area (Å²) in [4.78, 5) is 14.6. The lowest BCUT2D eigenvalue weighted by Gasteiger charge is -2.18. The number of carbonyl (C=O) groups is 1. The summed E-state index contributed by atoms with van der Waals surface area (Å²) in [6, 6.07) is 7.50. The summed E-state index contributed by atoms with van der Waals surface area (Å²) in [6.07, 6.45) is 0.844. The Morgan fingerprint density at radius 2 is 2.00 bits per heavy atom. The highest BCUT2D eigenvalue weighted by molar-refractivity contribution is 5.94. The van der Waals surface area contributed by atoms with Gasteiger partial charge in [0.1, 0.15) is 5.75 Å². The van der Waals surface area contributed by atoms with E-state index in [1.165, 1.54) is 0 Å². The highest BCUT2D eigenvalue weighted by atomic mass is 35.5. The molecule has 2 saturated heterocycles. The number of rotatable bonds is 6. The third-order valence-electron chi connectivity index (χ3n) is 4.52. The quantitative estimate of drug-likeness (QED) is 0.803. The van der Waals surface area contributed by atoms with E-state index in [0.717, 1.165) is 43.9 Å². The van der Waals surface area contributed by atoms with E-state index in [1.807, 2.05) is 29.2 Å². The Morgan fingerprint density at radius 3 is 2.70 bits per heavy atom. The number of benzene rings is 1. The molecular weight excluding hydrogens is 316 g/mol. The van der Waals surface area contributed by atoms with Crippen LogP contribution in [0.15, 0.2) is 24.3 Å². The molecule has 128 valence electrons. The van der Waals surface area contributed by atoms with E-state index in [1.54, 1.807) is 7.11 Å². The molecule has 0 saturated carbocycles. The first kappa shape index (κ1) is 18.0. The van der Waals surface area contributed by atoms with Gasteiger partial charge in [-0.1, -0.05) is 6.07 Å². The van der Waals surface area contributed by atoms with E-state index in [9.17, 15) is 4.79 Å². The van der Waals surface area contributed by atoms with E-state index < -0.39 is 0 Å². The molecule has 23 heavy (non-hydrogen) atoms. The fourth-order valence-corrected chi connectivity index (χ4v) is 3.32. The summed E-state index contributed by atoms with van der Waals surface area (Å²) < 4.78 is 10.7. The summed E-state index contributed by atoms with van der Waals surface area (Å²) in [5, 5.41) is 3.40. The number of carbonyl (C=O) groups excluding carboxylic acids is 1. The zero-order chi connectivity index (χ0) is 15.4. The Labute approximate surface area is 143 Å². The number of halogens is 1. The van der Waals surface area contributed by atoms with Crippen LogP contribution < -0.4 is 10.1 Å². The second-order valence-corrected chi connectivity index (χ2v) is 6.11. The summed E-state index contributed by atoms with van der Waals surface area (Å²) >= 11 is 0. The Morgan fingerprint density at radius 1 is 1.26 bits per heavy atom. The molecule has 1 amide bonds. The van der Waals surface area contributed by atoms with Crippen LogP contribution in [0.1, 0.15) is 16.8 Å². The molecule has 0 spiro atoms. The molecule has 2 fully saturated rings. The molecule has 2 atom stereocenters. The number of hydrogen-bond donors (Lipinski definition) is 1. The minimum absolute atomic E-state index is 0. The molecule has 2 aliphatic heterocycles. The van der Waals surface area contributed by atoms with Crippen LogP contribution in [-0.4, -0.2) is 57.3 Å². The summed E-state index contributed by atoms with van der Waals surface area (Å²) in [5.41, 5.74) is 0.720. The number of nitrogens with one attached hydrogen (secondary N) is 1. The van der Waals surface area contributed by atoms with Gasteiger partial charge in [-0.15, -0.1) is 12.4 Å². The van der Waals surface area contributed by atoms with Crippen LogP contribution in [0.25, 0.3) is 0 Å². The predicted molar refractivity (Wildman–Crippen MR) is 91.4 cm³/mol. The van der Waals surface area contributed by atoms with Gasteiger partial charge in [-0.05, 0) is 30.0 Å². The van der Waals surface area contributed by atoms with Crippen molar-refractivity contribution in [3.8, 4) is 5.75 Å². The maximum absolute atomic E-state index is 12.6. The van der Waals surface area contributed by atoms with Crippen molar-refractivity contribution in [3.63, 3.8) is 0 Å². The number of nitrogens with zero attached hydrogens (tertiary/aromatic N) is 1. The van der Waals surface area contributed by atoms with Crippen molar-refractivity contribution < 1.29 is 14.3 Å². The van der Waals surface area contributed by atoms with Crippen molar-refractivity contribution in [1.82, 2.24) is 10.2 Å². The average molecular weight is 341 g/mol. The van der Waals surface area contributed by atoms with Gasteiger partial charge < -0.3 is 19.7 Å². The van der Waals surface area contributed by atoms with Crippen LogP contribution in [0.5, 0.6) is 5.75 Å². The SMILES string of the molecule is COCCCOc1cccc(C(=O)N2C[C@H]3CNC[C@H]3C2)c1.Cl. The molecule has 2 aliphatic rings. The minimum atomic E-state index is 0. The maximum Gasteiger partial charge on any atom is 0.254 e. The largest absolute Gasteiger partial charge is 0.493 e. The van der Waals surface area contributed by atoms with Crippen LogP contribution in [0, 0.1) is 11.8 Å². The highest BCUT2D eigenvalue weighted by Gasteiger charge is 2.38. The third-order valence-corrected chi connectivity index (χ3v) is 4.52. The zero-order valence-corrected chi connectivity index (χ0v) is 14.3. The van der Waals surface area contributed by atoms with Crippen LogP contribution in [-0.2, 0) is 4.74 Å². The molecule has 2 heterocycles. The van der Waals surface area contributed by atoms with Crippen molar-refractivity contribution in [2.45, 2.75) is 6.42 Å². The van der Waals surface area contributed by atoms with Gasteiger partial charge in [-0.25, -0.2) is 0 Å². The van der Waals surface area contributed by atoms with Crippen molar-refractivity contribution in [2.24, 2.45) is 11.8 Å². The zero-order valence-electron chi connectivity index (χ0n) is 13.5. The Hall–Kier alpha value is -1.30. The third kappa shape index (κ3) is 4.37. The van der Waals surface area contributed by atoms with Crippen molar-refractivity contribution in [3.05, 3.63) is 29.8 Å². The van der Waals surface area contributed by atoms with Crippen molar-refractivity contribution >= 4 is 18.3 Å². The van der Waals surface area contributed by atoms with Gasteiger partial charge in [-0.3, -0.25) is 4.79 Å². The van der Waals surface area contributed by atoms with Crippen molar-refractivity contribution in [2.75, 3.05) is 46.5 Å². The number of fused-ring (bicyclic) bond motifs is 1. The lowest BCUT2D eigenvalue weighted by atomic mass is 10.0. The molecular formula is C17H25ClN2O3. The highest BCUT2D eigenvalue weighted by Crippen LogP contribution is 2.28. The van der Waals surface area contributed by atoms with Gasteiger partial charge in [0, 0.05) is 51.9 Å². The van der Waals surface area contributed by atoms with Gasteiger partial charge in [0.15, 0.2) is 0 Å². The number of amides is 1. The van der Waals surface area contributed by atoms with Gasteiger partial charge >= 0.3 is 0 Å². The first-order valence-electron chi connectivity index (χ1n) is 7.99. The molecule has 0 unspecified atom stereocenters. The lowest BCUT2D eigenvalue weighted by molar-refractivity contribution is 0.0781. The summed E-state index contributed by atoms with van der Waals surface area (Å²) in [5.74, 6) is 2.12. The van der Waals surface area contributed by atoms with Crippen LogP contribution in [0.2, 0.25) is 0 Å². The van der Waals surface area contributed by atoms with E-state index in [-0.39, 0.29) is 18.3 Å². The van der Waals surface area contributed by atoms with Gasteiger partial charge in [0.25, 0.3) is 5.91 Å². The smallest absolute Gasteiger partial charge is 0.254 e. The first-order chi connectivity index (χ1) is 10.8. The van der Waals surface area contributed by atoms with E-state index >= 15 is 0 Å². The number of likely N-dealkylation sites (tertiary alicyclic amines) is 1. The standard InChI is InChI=1S/C17H24N2O3.ClH/c1-21-6-3-7-22-16-5-2-4-13(8-16)17(20)19-11-14-9-18-10-15(14)12-19;/h2,4-5,8,14-15,18H,3,6-7,9-12H2,1H3;1H/t14-,15+;. The molecule has 1 N–H and O–H groups in total. The number of methoxy groups -OCH3 is 1. The van der Waals surface area contributed by atoms with E-state index in [0.29, 0.717) is 25.0 Å². The molecule has 0 aliphatic carbocycles. The molecule has 0 radical (unpaired) electrons. The molecule has 1 aromatic carbocycles. The van der Waals surface area contributed by atoms with Gasteiger partial charge in [-0.2, -0.15) is 0 Å². The Balaban J connectivity index is 0.00000192. The van der Waals surface area contributed by atoms with Crippen LogP contribution in [0.4, 0.5) is 0 Å². The van der Waals surface area contributed by atoms with E-state index in [4.69, 9.17) is 9.47 Å². The molecule has 0 bridgehead atoms. The summed E-state index contributed by atoms with van der Waals surface area (Å²) in [7, 11) is 1.68. The topological polar surface area (TPSA) is 50.8 Å². The first-order valence-corrected chi connectivity index (χ1v) is 7.99. The van der Waals surface area contributed by atoms with Crippen LogP contribution in [0.3, 0.4) is 0 Å². The normalized spacial score (nSPS) is 22.6. The van der Waals surface area contributed by atoms with E-state index in [2.05, 4.69) is 5.32 Å². The molecule has 3 rings (SSSR count). The second-order valence-electron chi connectivity index (χ2n) is 6.11. The Bertz CT molecular complexity index is 514. The van der Waals surface area contributed by atoms with Gasteiger partial charge in [0.05, 0.1) is 6.61 Å². The lowest BCUT2D eigenvalue weighted by Crippen LogP contribution is -2.31. The molecule has 0 aromatic heterocycles. The molecule has 6 heteroatoms. The molecule has 1 aromatic rings. The molecule has 5 nitrogen and oxygen atoms in total. The number of hydrogen-bond acceptors (Lipinski definition) is 4. The summed E-state index contributed by atoms with van der Waals surface area (Å²) in [6.45, 7) is 5.10. The predicted octanol–water partition coefficient (Wildman–Crippen LogP) is 1.82. The average Bonchev–Trinajstić information content (AvgIpc) is 3.13.